The van der Waals surface area contributed by atoms with Gasteiger partial charge in [0.05, 0.1) is 19.4 Å². The number of benzene rings is 2. The maximum absolute atomic E-state index is 12.6. The van der Waals surface area contributed by atoms with Crippen molar-refractivity contribution in [3.05, 3.63) is 60.2 Å². The van der Waals surface area contributed by atoms with Crippen molar-refractivity contribution in [2.24, 2.45) is 0 Å². The number of carbonyl (C=O) groups excluding carboxylic acids is 1. The van der Waals surface area contributed by atoms with Crippen LogP contribution in [0.5, 0.6) is 5.75 Å². The van der Waals surface area contributed by atoms with E-state index in [9.17, 15) is 14.3 Å². The predicted molar refractivity (Wildman–Crippen MR) is 115 cm³/mol. The molecule has 0 heterocycles. The summed E-state index contributed by atoms with van der Waals surface area (Å²) in [6, 6.07) is 15.4. The van der Waals surface area contributed by atoms with Crippen molar-refractivity contribution in [2.45, 2.75) is 19.1 Å². The van der Waals surface area contributed by atoms with E-state index in [1.54, 1.807) is 31.4 Å². The summed E-state index contributed by atoms with van der Waals surface area (Å²) < 4.78 is 21.2. The predicted octanol–water partition coefficient (Wildman–Crippen LogP) is 4.64. The van der Waals surface area contributed by atoms with Crippen molar-refractivity contribution in [1.29, 1.82) is 0 Å². The highest BCUT2D eigenvalue weighted by Gasteiger charge is 2.33. The summed E-state index contributed by atoms with van der Waals surface area (Å²) in [5, 5.41) is 1.39. The number of ether oxygens (including phenoxy) is 1. The summed E-state index contributed by atoms with van der Waals surface area (Å²) in [6.07, 6.45) is 2.21. The first-order valence-corrected chi connectivity index (χ1v) is 12.6. The van der Waals surface area contributed by atoms with Gasteiger partial charge in [0.2, 0.25) is 0 Å². The molecule has 1 N–H and O–H groups in total. The van der Waals surface area contributed by atoms with E-state index in [-0.39, 0.29) is 6.61 Å². The summed E-state index contributed by atoms with van der Waals surface area (Å²) >= 11 is 6.78. The number of anilines is 1. The van der Waals surface area contributed by atoms with Crippen LogP contribution in [0.3, 0.4) is 0 Å². The first kappa shape index (κ1) is 23.6. The van der Waals surface area contributed by atoms with E-state index in [1.807, 2.05) is 36.6 Å². The minimum absolute atomic E-state index is 0.188. The van der Waals surface area contributed by atoms with Gasteiger partial charge in [-0.2, -0.15) is 11.8 Å². The maximum Gasteiger partial charge on any atom is 0.476 e. The molecule has 158 valence electrons. The summed E-state index contributed by atoms with van der Waals surface area (Å²) in [4.78, 5) is 27.9. The van der Waals surface area contributed by atoms with Crippen LogP contribution in [-0.4, -0.2) is 36.0 Å². The number of methoxy groups -OCH3 is 1. The smallest absolute Gasteiger partial charge is 0.476 e. The molecule has 0 spiro atoms. The summed E-state index contributed by atoms with van der Waals surface area (Å²) in [5.74, 6) is 0.295. The highest BCUT2D eigenvalue weighted by atomic mass is 35.7. The lowest BCUT2D eigenvalue weighted by atomic mass is 10.2. The summed E-state index contributed by atoms with van der Waals surface area (Å²) in [7, 11) is 1.55. The van der Waals surface area contributed by atoms with Gasteiger partial charge in [0.15, 0.2) is 6.04 Å². The van der Waals surface area contributed by atoms with Gasteiger partial charge in [0.1, 0.15) is 5.75 Å². The molecular weight excluding hydrogens is 437 g/mol. The molecule has 0 fully saturated rings. The Balaban J connectivity index is 2.33. The zero-order valence-corrected chi connectivity index (χ0v) is 18.5. The Labute approximate surface area is 179 Å². The van der Waals surface area contributed by atoms with Crippen molar-refractivity contribution in [2.75, 3.05) is 24.2 Å². The Kier molecular flexibility index (Phi) is 9.33. The first-order chi connectivity index (χ1) is 13.8. The van der Waals surface area contributed by atoms with Crippen LogP contribution in [0.25, 0.3) is 0 Å². The van der Waals surface area contributed by atoms with Crippen molar-refractivity contribution >= 4 is 41.6 Å². The summed E-state index contributed by atoms with van der Waals surface area (Å²) in [6.45, 7) is -4.33. The minimum atomic E-state index is -4.52. The van der Waals surface area contributed by atoms with Crippen LogP contribution in [0, 0.1) is 0 Å². The molecule has 0 saturated carbocycles. The molecule has 0 aliphatic carbocycles. The van der Waals surface area contributed by atoms with Crippen LogP contribution in [0.15, 0.2) is 54.6 Å². The summed E-state index contributed by atoms with van der Waals surface area (Å²) in [5.41, 5.74) is 1.46. The second kappa shape index (κ2) is 11.5. The number of nitrogens with zero attached hydrogens (tertiary/aromatic N) is 1. The number of hydroxylamine groups is 1. The van der Waals surface area contributed by atoms with Gasteiger partial charge in [0.25, 0.3) is 0 Å². The Morgan fingerprint density at radius 1 is 1.21 bits per heavy atom. The normalized spacial score (nSPS) is 13.9. The van der Waals surface area contributed by atoms with Crippen LogP contribution in [0.1, 0.15) is 12.0 Å². The molecule has 0 aliphatic heterocycles. The molecule has 2 rings (SSSR count). The van der Waals surface area contributed by atoms with Gasteiger partial charge in [-0.3, -0.25) is 4.84 Å². The van der Waals surface area contributed by atoms with Gasteiger partial charge < -0.3 is 14.2 Å². The molecule has 0 aliphatic rings. The van der Waals surface area contributed by atoms with Crippen molar-refractivity contribution in [3.63, 3.8) is 0 Å². The quantitative estimate of drug-likeness (QED) is 0.384. The second-order valence-corrected chi connectivity index (χ2v) is 9.29. The lowest BCUT2D eigenvalue weighted by Gasteiger charge is -2.31. The van der Waals surface area contributed by atoms with E-state index < -0.39 is 19.0 Å². The monoisotopic (exact) mass is 459 g/mol. The lowest BCUT2D eigenvalue weighted by Crippen LogP contribution is -2.42. The Bertz CT molecular complexity index is 817. The van der Waals surface area contributed by atoms with Crippen LogP contribution in [-0.2, 0) is 25.3 Å². The molecule has 0 aromatic heterocycles. The first-order valence-electron chi connectivity index (χ1n) is 8.69. The highest BCUT2D eigenvalue weighted by molar-refractivity contribution is 7.98. The molecule has 2 aromatic rings. The third kappa shape index (κ3) is 7.91. The molecule has 2 atom stereocenters. The zero-order chi connectivity index (χ0) is 21.3. The number of thioether (sulfide) groups is 1. The maximum atomic E-state index is 12.6. The lowest BCUT2D eigenvalue weighted by molar-refractivity contribution is -0.138. The number of halogens is 1. The third-order valence-corrected chi connectivity index (χ3v) is 5.15. The second-order valence-electron chi connectivity index (χ2n) is 5.94. The largest absolute Gasteiger partial charge is 0.497 e. The van der Waals surface area contributed by atoms with E-state index in [4.69, 9.17) is 20.8 Å². The molecule has 2 aromatic carbocycles. The van der Waals surface area contributed by atoms with E-state index in [1.165, 1.54) is 16.8 Å². The van der Waals surface area contributed by atoms with Gasteiger partial charge >= 0.3 is 12.9 Å². The van der Waals surface area contributed by atoms with Gasteiger partial charge in [-0.15, -0.1) is 0 Å². The Morgan fingerprint density at radius 3 is 2.41 bits per heavy atom. The van der Waals surface area contributed by atoms with E-state index in [0.717, 1.165) is 5.56 Å². The van der Waals surface area contributed by atoms with Gasteiger partial charge in [0, 0.05) is 11.2 Å². The number of hydrogen-bond acceptors (Lipinski definition) is 7. The zero-order valence-electron chi connectivity index (χ0n) is 16.1. The van der Waals surface area contributed by atoms with Crippen LogP contribution in [0.2, 0.25) is 0 Å². The third-order valence-electron chi connectivity index (χ3n) is 3.89. The fraction of sp³-hybridized carbons (Fsp3) is 0.316. The Hall–Kier alpha value is -1.70. The van der Waals surface area contributed by atoms with Gasteiger partial charge in [-0.05, 0) is 48.3 Å². The highest BCUT2D eigenvalue weighted by Crippen LogP contribution is 2.48. The molecule has 1 unspecified atom stereocenters. The topological polar surface area (TPSA) is 85.3 Å². The van der Waals surface area contributed by atoms with Crippen LogP contribution >= 0.6 is 30.0 Å². The molecular formula is C19H23ClNO6PS. The van der Waals surface area contributed by atoms with Crippen LogP contribution in [0.4, 0.5) is 5.69 Å². The average molecular weight is 460 g/mol. The Morgan fingerprint density at radius 2 is 1.86 bits per heavy atom. The van der Waals surface area contributed by atoms with E-state index >= 15 is 0 Å². The standard InChI is InChI=1S/C19H23ClNO6PS/c1-25-17-10-8-16(9-11-17)21(26-14-15-6-4-3-5-7-15)18(12-13-29-2)19(22)27-28(20,23)24/h3-11,18H,12-14H2,1-2H3,(H,23,24)/t18-/m0/s1. The van der Waals surface area contributed by atoms with E-state index in [2.05, 4.69) is 4.52 Å². The van der Waals surface area contributed by atoms with Crippen molar-refractivity contribution in [3.8, 4) is 5.75 Å². The number of carbonyl (C=O) groups is 1. The van der Waals surface area contributed by atoms with Gasteiger partial charge in [-0.1, -0.05) is 30.3 Å². The fourth-order valence-electron chi connectivity index (χ4n) is 2.52. The SMILES string of the molecule is COc1ccc(N(OCc2ccccc2)[C@@H](CCSC)C(=O)OP(=O)(O)Cl)cc1. The number of rotatable bonds is 11. The molecule has 0 amide bonds. The fourth-order valence-corrected chi connectivity index (χ4v) is 3.53. The number of hydrogen-bond donors (Lipinski definition) is 1. The minimum Gasteiger partial charge on any atom is -0.497 e. The van der Waals surface area contributed by atoms with E-state index in [0.29, 0.717) is 23.6 Å². The molecule has 7 nitrogen and oxygen atoms in total. The molecule has 29 heavy (non-hydrogen) atoms. The molecule has 10 heteroatoms. The van der Waals surface area contributed by atoms with Crippen molar-refractivity contribution < 1.29 is 28.4 Å². The molecule has 0 bridgehead atoms. The molecule has 0 radical (unpaired) electrons. The molecule has 0 saturated heterocycles. The average Bonchev–Trinajstić information content (AvgIpc) is 2.70. The van der Waals surface area contributed by atoms with Gasteiger partial charge in [-0.25, -0.2) is 14.4 Å². The van der Waals surface area contributed by atoms with Crippen molar-refractivity contribution in [1.82, 2.24) is 0 Å². The van der Waals surface area contributed by atoms with Crippen LogP contribution < -0.4 is 9.80 Å².